The molecule has 1 fully saturated rings. The molecule has 178 valence electrons. The summed E-state index contributed by atoms with van der Waals surface area (Å²) >= 11 is 0. The Morgan fingerprint density at radius 1 is 1.15 bits per heavy atom. The van der Waals surface area contributed by atoms with Crippen molar-refractivity contribution < 1.29 is 17.6 Å². The number of hydrogen-bond acceptors (Lipinski definition) is 6. The van der Waals surface area contributed by atoms with Gasteiger partial charge in [-0.1, -0.05) is 12.1 Å². The molecular weight excluding hydrogens is 457 g/mol. The van der Waals surface area contributed by atoms with Gasteiger partial charge >= 0.3 is 0 Å². The van der Waals surface area contributed by atoms with Gasteiger partial charge in [-0.3, -0.25) is 9.78 Å². The summed E-state index contributed by atoms with van der Waals surface area (Å²) in [5, 5.41) is 5.10. The monoisotopic (exact) mass is 483 g/mol. The summed E-state index contributed by atoms with van der Waals surface area (Å²) in [5.74, 6) is -0.265. The van der Waals surface area contributed by atoms with E-state index in [0.717, 1.165) is 18.4 Å². The van der Waals surface area contributed by atoms with Crippen LogP contribution in [0.4, 0.5) is 15.8 Å². The van der Waals surface area contributed by atoms with Crippen molar-refractivity contribution in [2.24, 2.45) is 5.14 Å². The normalized spacial score (nSPS) is 14.8. The summed E-state index contributed by atoms with van der Waals surface area (Å²) in [6.45, 7) is 2.63. The Morgan fingerprint density at radius 2 is 1.82 bits per heavy atom. The number of carbonyl (C=O) groups excluding carboxylic acids is 1. The number of piperidine rings is 1. The predicted octanol–water partition coefficient (Wildman–Crippen LogP) is 3.36. The molecule has 0 bridgehead atoms. The Morgan fingerprint density at radius 3 is 2.41 bits per heavy atom. The Balaban J connectivity index is 1.65. The van der Waals surface area contributed by atoms with Gasteiger partial charge in [0.15, 0.2) is 5.03 Å². The minimum absolute atomic E-state index is 0.236. The van der Waals surface area contributed by atoms with Crippen LogP contribution in [0.15, 0.2) is 60.0 Å². The summed E-state index contributed by atoms with van der Waals surface area (Å²) in [4.78, 5) is 25.2. The van der Waals surface area contributed by atoms with E-state index in [0.29, 0.717) is 30.0 Å². The van der Waals surface area contributed by atoms with Crippen molar-refractivity contribution in [3.05, 3.63) is 77.5 Å². The van der Waals surface area contributed by atoms with Crippen molar-refractivity contribution >= 4 is 27.3 Å². The maximum Gasteiger partial charge on any atom is 0.257 e. The third-order valence-electron chi connectivity index (χ3n) is 6.23. The maximum atomic E-state index is 13.6. The topological polar surface area (TPSA) is 109 Å². The summed E-state index contributed by atoms with van der Waals surface area (Å²) in [6.07, 6.45) is 6.02. The molecule has 3 heterocycles. The third-order valence-corrected chi connectivity index (χ3v) is 7.18. The number of hydrogen-bond donors (Lipinski definition) is 1. The summed E-state index contributed by atoms with van der Waals surface area (Å²) in [7, 11) is -2.35. The smallest absolute Gasteiger partial charge is 0.257 e. The zero-order valence-corrected chi connectivity index (χ0v) is 19.8. The van der Waals surface area contributed by atoms with Crippen LogP contribution >= 0.6 is 0 Å². The van der Waals surface area contributed by atoms with Gasteiger partial charge in [-0.25, -0.2) is 22.9 Å². The molecule has 1 aliphatic rings. The number of carbonyl (C=O) groups is 1. The SMILES string of the molecule is Cc1c(S(N)(=O)=O)ncc(C(=O)N2CCC(c3ccc(F)cc3)CC2)c1N(C)c1cccnc1. The van der Waals surface area contributed by atoms with Crippen molar-refractivity contribution in [3.63, 3.8) is 0 Å². The van der Waals surface area contributed by atoms with E-state index in [-0.39, 0.29) is 28.2 Å². The molecule has 8 nitrogen and oxygen atoms in total. The molecule has 34 heavy (non-hydrogen) atoms. The van der Waals surface area contributed by atoms with Gasteiger partial charge in [0, 0.05) is 38.1 Å². The van der Waals surface area contributed by atoms with Crippen molar-refractivity contribution in [1.29, 1.82) is 0 Å². The number of benzene rings is 1. The fourth-order valence-corrected chi connectivity index (χ4v) is 5.19. The highest BCUT2D eigenvalue weighted by Gasteiger charge is 2.30. The Hall–Kier alpha value is -3.37. The van der Waals surface area contributed by atoms with Crippen LogP contribution in [0.5, 0.6) is 0 Å². The molecule has 0 radical (unpaired) electrons. The molecule has 10 heteroatoms. The zero-order valence-electron chi connectivity index (χ0n) is 19.0. The van der Waals surface area contributed by atoms with Crippen LogP contribution in [0.1, 0.15) is 40.2 Å². The molecule has 2 aromatic heterocycles. The molecule has 2 N–H and O–H groups in total. The van der Waals surface area contributed by atoms with Crippen LogP contribution in [-0.2, 0) is 10.0 Å². The first-order valence-electron chi connectivity index (χ1n) is 10.9. The number of anilines is 2. The van der Waals surface area contributed by atoms with Crippen molar-refractivity contribution in [3.8, 4) is 0 Å². The quantitative estimate of drug-likeness (QED) is 0.596. The lowest BCUT2D eigenvalue weighted by Crippen LogP contribution is -2.38. The fraction of sp³-hybridized carbons (Fsp3) is 0.292. The number of primary sulfonamides is 1. The third kappa shape index (κ3) is 4.78. The van der Waals surface area contributed by atoms with E-state index in [2.05, 4.69) is 9.97 Å². The lowest BCUT2D eigenvalue weighted by atomic mass is 9.89. The van der Waals surface area contributed by atoms with E-state index in [1.807, 2.05) is 6.07 Å². The molecule has 3 aromatic rings. The van der Waals surface area contributed by atoms with E-state index < -0.39 is 10.0 Å². The fourth-order valence-electron chi connectivity index (χ4n) is 4.46. The Labute approximate surface area is 198 Å². The molecular formula is C24H26FN5O3S. The highest BCUT2D eigenvalue weighted by atomic mass is 32.2. The van der Waals surface area contributed by atoms with Gasteiger partial charge in [-0.2, -0.15) is 0 Å². The van der Waals surface area contributed by atoms with Crippen molar-refractivity contribution in [2.45, 2.75) is 30.7 Å². The van der Waals surface area contributed by atoms with Crippen LogP contribution in [0.3, 0.4) is 0 Å². The molecule has 0 spiro atoms. The largest absolute Gasteiger partial charge is 0.342 e. The van der Waals surface area contributed by atoms with E-state index in [9.17, 15) is 17.6 Å². The molecule has 0 unspecified atom stereocenters. The number of nitrogens with two attached hydrogens (primary N) is 1. The minimum atomic E-state index is -4.09. The van der Waals surface area contributed by atoms with Crippen molar-refractivity contribution in [2.75, 3.05) is 25.0 Å². The lowest BCUT2D eigenvalue weighted by Gasteiger charge is -2.33. The highest BCUT2D eigenvalue weighted by Crippen LogP contribution is 2.35. The molecule has 4 rings (SSSR count). The molecule has 1 aliphatic heterocycles. The first-order chi connectivity index (χ1) is 16.2. The van der Waals surface area contributed by atoms with E-state index in [1.54, 1.807) is 54.4 Å². The average Bonchev–Trinajstić information content (AvgIpc) is 2.83. The minimum Gasteiger partial charge on any atom is -0.342 e. The maximum absolute atomic E-state index is 13.6. The lowest BCUT2D eigenvalue weighted by molar-refractivity contribution is 0.0713. The van der Waals surface area contributed by atoms with Gasteiger partial charge in [0.1, 0.15) is 5.82 Å². The number of pyridine rings is 2. The number of rotatable bonds is 5. The summed E-state index contributed by atoms with van der Waals surface area (Å²) < 4.78 is 37.5. The van der Waals surface area contributed by atoms with Gasteiger partial charge in [0.25, 0.3) is 15.9 Å². The van der Waals surface area contributed by atoms with Gasteiger partial charge in [0.05, 0.1) is 23.1 Å². The first kappa shape index (κ1) is 23.8. The standard InChI is InChI=1S/C24H26FN5O3S/c1-16-22(29(2)20-4-3-11-27-14-20)21(15-28-23(16)34(26,32)33)24(31)30-12-9-18(10-13-30)17-5-7-19(25)8-6-17/h3-8,11,14-15,18H,9-10,12-13H2,1-2H3,(H2,26,32,33). The predicted molar refractivity (Wildman–Crippen MR) is 127 cm³/mol. The molecule has 1 saturated heterocycles. The van der Waals surface area contributed by atoms with E-state index in [1.165, 1.54) is 18.3 Å². The first-order valence-corrected chi connectivity index (χ1v) is 12.4. The Kier molecular flexibility index (Phi) is 6.63. The summed E-state index contributed by atoms with van der Waals surface area (Å²) in [5.41, 5.74) is 2.73. The highest BCUT2D eigenvalue weighted by molar-refractivity contribution is 7.89. The number of aromatic nitrogens is 2. The second-order valence-electron chi connectivity index (χ2n) is 8.38. The second kappa shape index (κ2) is 9.47. The van der Waals surface area contributed by atoms with Gasteiger partial charge in [0.2, 0.25) is 0 Å². The number of nitrogens with zero attached hydrogens (tertiary/aromatic N) is 4. The zero-order chi connectivity index (χ0) is 24.5. The van der Waals surface area contributed by atoms with Crippen LogP contribution in [0.25, 0.3) is 0 Å². The van der Waals surface area contributed by atoms with Crippen molar-refractivity contribution in [1.82, 2.24) is 14.9 Å². The average molecular weight is 484 g/mol. The number of amides is 1. The van der Waals surface area contributed by atoms with Gasteiger partial charge in [-0.15, -0.1) is 0 Å². The number of halogens is 1. The number of sulfonamides is 1. The molecule has 0 aliphatic carbocycles. The van der Waals surface area contributed by atoms with Crippen LogP contribution < -0.4 is 10.0 Å². The molecule has 1 amide bonds. The summed E-state index contributed by atoms with van der Waals surface area (Å²) in [6, 6.07) is 10.1. The van der Waals surface area contributed by atoms with E-state index >= 15 is 0 Å². The van der Waals surface area contributed by atoms with E-state index in [4.69, 9.17) is 5.14 Å². The van der Waals surface area contributed by atoms with Crippen LogP contribution in [0.2, 0.25) is 0 Å². The molecule has 0 atom stereocenters. The molecule has 1 aromatic carbocycles. The Bertz CT molecular complexity index is 1290. The number of likely N-dealkylation sites (tertiary alicyclic amines) is 1. The van der Waals surface area contributed by atoms with Crippen LogP contribution in [-0.4, -0.2) is 49.3 Å². The van der Waals surface area contributed by atoms with Gasteiger partial charge in [-0.05, 0) is 55.5 Å². The van der Waals surface area contributed by atoms with Gasteiger partial charge < -0.3 is 9.80 Å². The van der Waals surface area contributed by atoms with Crippen LogP contribution in [0, 0.1) is 12.7 Å². The second-order valence-corrected chi connectivity index (χ2v) is 9.86. The molecule has 0 saturated carbocycles.